The maximum atomic E-state index is 12.4. The second-order valence-corrected chi connectivity index (χ2v) is 5.15. The van der Waals surface area contributed by atoms with Crippen LogP contribution < -0.4 is 0 Å². The molecule has 0 fully saturated rings. The fourth-order valence-electron chi connectivity index (χ4n) is 2.46. The number of hydrogen-bond donors (Lipinski definition) is 0. The van der Waals surface area contributed by atoms with Crippen molar-refractivity contribution in [2.75, 3.05) is 13.2 Å². The van der Waals surface area contributed by atoms with E-state index in [9.17, 15) is 14.4 Å². The van der Waals surface area contributed by atoms with E-state index >= 15 is 0 Å². The van der Waals surface area contributed by atoms with Gasteiger partial charge in [0.15, 0.2) is 12.0 Å². The van der Waals surface area contributed by atoms with Crippen LogP contribution in [0.4, 0.5) is 0 Å². The first-order chi connectivity index (χ1) is 12.1. The van der Waals surface area contributed by atoms with Gasteiger partial charge >= 0.3 is 11.9 Å². The summed E-state index contributed by atoms with van der Waals surface area (Å²) in [6.45, 7) is 5.54. The highest BCUT2D eigenvalue weighted by Gasteiger charge is 2.32. The third kappa shape index (κ3) is 3.79. The Balaban J connectivity index is 2.68. The van der Waals surface area contributed by atoms with Crippen molar-refractivity contribution in [3.8, 4) is 11.1 Å². The molecular weight excluding hydrogens is 324 g/mol. The van der Waals surface area contributed by atoms with Crippen LogP contribution in [-0.4, -0.2) is 31.4 Å². The maximum Gasteiger partial charge on any atom is 0.375 e. The smallest absolute Gasteiger partial charge is 0.375 e. The topological polar surface area (TPSA) is 82.8 Å². The molecule has 0 atom stereocenters. The number of esters is 2. The summed E-state index contributed by atoms with van der Waals surface area (Å²) in [5.41, 5.74) is 1.83. The van der Waals surface area contributed by atoms with Gasteiger partial charge in [0.25, 0.3) is 0 Å². The van der Waals surface area contributed by atoms with Crippen LogP contribution in [-0.2, 0) is 15.9 Å². The number of hydrogen-bond acceptors (Lipinski definition) is 6. The highest BCUT2D eigenvalue weighted by atomic mass is 16.5. The number of carbonyl (C=O) groups is 3. The quantitative estimate of drug-likeness (QED) is 0.563. The monoisotopic (exact) mass is 344 g/mol. The van der Waals surface area contributed by atoms with Crippen molar-refractivity contribution in [3.05, 3.63) is 46.9 Å². The zero-order valence-corrected chi connectivity index (χ0v) is 14.5. The van der Waals surface area contributed by atoms with Gasteiger partial charge in [-0.05, 0) is 31.4 Å². The average molecular weight is 344 g/mol. The summed E-state index contributed by atoms with van der Waals surface area (Å²) in [5, 5.41) is 0. The predicted molar refractivity (Wildman–Crippen MR) is 90.8 cm³/mol. The molecule has 6 nitrogen and oxygen atoms in total. The van der Waals surface area contributed by atoms with Crippen LogP contribution in [0.5, 0.6) is 0 Å². The summed E-state index contributed by atoms with van der Waals surface area (Å²) in [6.07, 6.45) is 1.32. The predicted octanol–water partition coefficient (Wildman–Crippen LogP) is 3.67. The van der Waals surface area contributed by atoms with Crippen molar-refractivity contribution in [2.24, 2.45) is 0 Å². The van der Waals surface area contributed by atoms with E-state index in [1.165, 1.54) is 0 Å². The van der Waals surface area contributed by atoms with Crippen LogP contribution >= 0.6 is 0 Å². The second-order valence-electron chi connectivity index (χ2n) is 5.15. The molecule has 132 valence electrons. The van der Waals surface area contributed by atoms with Gasteiger partial charge in [-0.3, -0.25) is 4.79 Å². The fraction of sp³-hybridized carbons (Fsp3) is 0.316. The van der Waals surface area contributed by atoms with Gasteiger partial charge in [0.1, 0.15) is 5.56 Å². The first kappa shape index (κ1) is 18.4. The minimum atomic E-state index is -0.815. The Hall–Kier alpha value is -2.89. The number of ether oxygens (including phenoxy) is 2. The SMILES string of the molecule is CCOC(=O)c1oc(C=O)c(-c2ccc(CC)cc2)c1C(=O)OCC. The molecule has 0 radical (unpaired) electrons. The molecule has 2 rings (SSSR count). The van der Waals surface area contributed by atoms with E-state index in [1.807, 2.05) is 19.1 Å². The molecule has 0 aliphatic rings. The normalized spacial score (nSPS) is 10.4. The van der Waals surface area contributed by atoms with E-state index in [0.717, 1.165) is 12.0 Å². The van der Waals surface area contributed by atoms with Crippen LogP contribution in [0, 0.1) is 0 Å². The average Bonchev–Trinajstić information content (AvgIpc) is 3.02. The lowest BCUT2D eigenvalue weighted by atomic mass is 9.98. The van der Waals surface area contributed by atoms with Crippen LogP contribution in [0.25, 0.3) is 11.1 Å². The molecule has 2 aromatic rings. The largest absolute Gasteiger partial charge is 0.462 e. The summed E-state index contributed by atoms with van der Waals surface area (Å²) in [7, 11) is 0. The number of benzene rings is 1. The molecule has 1 aromatic heterocycles. The van der Waals surface area contributed by atoms with Crippen molar-refractivity contribution in [3.63, 3.8) is 0 Å². The van der Waals surface area contributed by atoms with Gasteiger partial charge in [-0.15, -0.1) is 0 Å². The van der Waals surface area contributed by atoms with Crippen LogP contribution in [0.15, 0.2) is 28.7 Å². The zero-order valence-electron chi connectivity index (χ0n) is 14.5. The summed E-state index contributed by atoms with van der Waals surface area (Å²) in [6, 6.07) is 7.31. The highest BCUT2D eigenvalue weighted by molar-refractivity contribution is 6.09. The van der Waals surface area contributed by atoms with Gasteiger partial charge in [-0.1, -0.05) is 31.2 Å². The third-order valence-electron chi connectivity index (χ3n) is 3.63. The molecule has 0 spiro atoms. The Morgan fingerprint density at radius 2 is 1.60 bits per heavy atom. The molecular formula is C19H20O6. The Labute approximate surface area is 145 Å². The first-order valence-electron chi connectivity index (χ1n) is 8.12. The summed E-state index contributed by atoms with van der Waals surface area (Å²) >= 11 is 0. The van der Waals surface area contributed by atoms with Gasteiger partial charge in [0.2, 0.25) is 5.76 Å². The van der Waals surface area contributed by atoms with E-state index in [2.05, 4.69) is 0 Å². The second kappa shape index (κ2) is 8.28. The summed E-state index contributed by atoms with van der Waals surface area (Å²) in [5.74, 6) is -1.99. The molecule has 0 unspecified atom stereocenters. The van der Waals surface area contributed by atoms with Gasteiger partial charge in [0, 0.05) is 5.56 Å². The van der Waals surface area contributed by atoms with Crippen molar-refractivity contribution in [1.82, 2.24) is 0 Å². The van der Waals surface area contributed by atoms with Gasteiger partial charge < -0.3 is 13.9 Å². The number of aldehydes is 1. The maximum absolute atomic E-state index is 12.4. The molecule has 6 heteroatoms. The Morgan fingerprint density at radius 1 is 1.00 bits per heavy atom. The zero-order chi connectivity index (χ0) is 18.4. The lowest BCUT2D eigenvalue weighted by Crippen LogP contribution is -2.13. The molecule has 0 saturated heterocycles. The molecule has 0 amide bonds. The molecule has 1 heterocycles. The number of rotatable bonds is 7. The highest BCUT2D eigenvalue weighted by Crippen LogP contribution is 2.33. The lowest BCUT2D eigenvalue weighted by molar-refractivity contribution is 0.0451. The fourth-order valence-corrected chi connectivity index (χ4v) is 2.46. The molecule has 0 aliphatic carbocycles. The van der Waals surface area contributed by atoms with Crippen LogP contribution in [0.3, 0.4) is 0 Å². The Bertz CT molecular complexity index is 770. The summed E-state index contributed by atoms with van der Waals surface area (Å²) in [4.78, 5) is 36.0. The van der Waals surface area contributed by atoms with Crippen molar-refractivity contribution in [1.29, 1.82) is 0 Å². The molecule has 0 N–H and O–H groups in total. The first-order valence-corrected chi connectivity index (χ1v) is 8.12. The van der Waals surface area contributed by atoms with Crippen molar-refractivity contribution >= 4 is 18.2 Å². The van der Waals surface area contributed by atoms with E-state index in [4.69, 9.17) is 13.9 Å². The summed E-state index contributed by atoms with van der Waals surface area (Å²) < 4.78 is 15.3. The van der Waals surface area contributed by atoms with E-state index in [0.29, 0.717) is 11.8 Å². The number of carbonyl (C=O) groups excluding carboxylic acids is 3. The Kier molecular flexibility index (Phi) is 6.11. The molecule has 0 saturated carbocycles. The molecule has 0 bridgehead atoms. The van der Waals surface area contributed by atoms with Gasteiger partial charge in [-0.2, -0.15) is 0 Å². The molecule has 25 heavy (non-hydrogen) atoms. The van der Waals surface area contributed by atoms with Crippen LogP contribution in [0.1, 0.15) is 57.8 Å². The third-order valence-corrected chi connectivity index (χ3v) is 3.63. The minimum Gasteiger partial charge on any atom is -0.462 e. The van der Waals surface area contributed by atoms with E-state index in [-0.39, 0.29) is 35.9 Å². The minimum absolute atomic E-state index is 0.0911. The van der Waals surface area contributed by atoms with E-state index in [1.54, 1.807) is 26.0 Å². The Morgan fingerprint density at radius 3 is 2.12 bits per heavy atom. The molecule has 0 aliphatic heterocycles. The van der Waals surface area contributed by atoms with E-state index < -0.39 is 11.9 Å². The number of aryl methyl sites for hydroxylation is 1. The van der Waals surface area contributed by atoms with Gasteiger partial charge in [0.05, 0.1) is 13.2 Å². The standard InChI is InChI=1S/C19H20O6/c1-4-12-7-9-13(10-8-12)15-14(11-20)25-17(19(22)24-6-3)16(15)18(21)23-5-2/h7-11H,4-6H2,1-3H3. The van der Waals surface area contributed by atoms with Crippen molar-refractivity contribution < 1.29 is 28.3 Å². The lowest BCUT2D eigenvalue weighted by Gasteiger charge is -2.06. The molecule has 1 aromatic carbocycles. The van der Waals surface area contributed by atoms with Crippen molar-refractivity contribution in [2.45, 2.75) is 27.2 Å². The van der Waals surface area contributed by atoms with Crippen LogP contribution in [0.2, 0.25) is 0 Å². The number of furan rings is 1. The van der Waals surface area contributed by atoms with Gasteiger partial charge in [-0.25, -0.2) is 9.59 Å².